The number of halogens is 1. The minimum Gasteiger partial charge on any atom is -0.496 e. The number of aromatic nitrogens is 2. The molecule has 7 nitrogen and oxygen atoms in total. The van der Waals surface area contributed by atoms with Gasteiger partial charge in [0, 0.05) is 18.2 Å². The number of rotatable bonds is 8. The minimum absolute atomic E-state index is 0.259. The number of fused-ring (bicyclic) bond motifs is 1. The number of benzene rings is 2. The third kappa shape index (κ3) is 4.48. The van der Waals surface area contributed by atoms with Gasteiger partial charge in [-0.15, -0.1) is 0 Å². The zero-order valence-electron chi connectivity index (χ0n) is 16.9. The third-order valence-electron chi connectivity index (χ3n) is 4.72. The van der Waals surface area contributed by atoms with Crippen LogP contribution in [0.5, 0.6) is 17.2 Å². The Bertz CT molecular complexity index is 1070. The lowest BCUT2D eigenvalue weighted by Gasteiger charge is -2.21. The molecule has 0 unspecified atom stereocenters. The fourth-order valence-corrected chi connectivity index (χ4v) is 3.19. The molecule has 0 bridgehead atoms. The normalized spacial score (nSPS) is 11.1. The molecule has 29 heavy (non-hydrogen) atoms. The van der Waals surface area contributed by atoms with Crippen LogP contribution in [0.2, 0.25) is 0 Å². The molecule has 1 aromatic heterocycles. The highest BCUT2D eigenvalue weighted by atomic mass is 19.1. The fourth-order valence-electron chi connectivity index (χ4n) is 3.19. The Morgan fingerprint density at radius 3 is 2.34 bits per heavy atom. The molecule has 8 heteroatoms. The molecule has 0 radical (unpaired) electrons. The molecule has 0 aliphatic heterocycles. The minimum atomic E-state index is -0.324. The zero-order chi connectivity index (χ0) is 21.0. The van der Waals surface area contributed by atoms with Crippen molar-refractivity contribution in [3.05, 3.63) is 57.9 Å². The topological polar surface area (TPSA) is 76.7 Å². The Kier molecular flexibility index (Phi) is 6.33. The quantitative estimate of drug-likeness (QED) is 0.625. The van der Waals surface area contributed by atoms with Gasteiger partial charge < -0.3 is 19.2 Å². The predicted molar refractivity (Wildman–Crippen MR) is 108 cm³/mol. The Morgan fingerprint density at radius 1 is 1.00 bits per heavy atom. The first-order valence-corrected chi connectivity index (χ1v) is 9.18. The molecule has 1 N–H and O–H groups in total. The van der Waals surface area contributed by atoms with E-state index in [1.165, 1.54) is 26.4 Å². The van der Waals surface area contributed by atoms with Gasteiger partial charge in [0.25, 0.3) is 5.56 Å². The van der Waals surface area contributed by atoms with E-state index >= 15 is 0 Å². The highest BCUT2D eigenvalue weighted by Gasteiger charge is 2.14. The van der Waals surface area contributed by atoms with Crippen LogP contribution in [0.4, 0.5) is 4.39 Å². The van der Waals surface area contributed by atoms with E-state index in [4.69, 9.17) is 14.2 Å². The molecule has 0 aliphatic rings. The summed E-state index contributed by atoms with van der Waals surface area (Å²) >= 11 is 0. The van der Waals surface area contributed by atoms with Crippen LogP contribution in [0.25, 0.3) is 10.9 Å². The van der Waals surface area contributed by atoms with Gasteiger partial charge in [0.05, 0.1) is 38.8 Å². The van der Waals surface area contributed by atoms with Crippen molar-refractivity contribution in [2.45, 2.75) is 20.0 Å². The summed E-state index contributed by atoms with van der Waals surface area (Å²) in [4.78, 5) is 22.0. The van der Waals surface area contributed by atoms with Gasteiger partial charge in [-0.05, 0) is 30.8 Å². The molecular formula is C21H24FN3O4. The van der Waals surface area contributed by atoms with E-state index in [0.717, 1.165) is 5.56 Å². The van der Waals surface area contributed by atoms with Crippen LogP contribution in [0.15, 0.2) is 35.1 Å². The SMILES string of the molecule is CCN(Cc1nc2cc(OC)c(OC)cc2c(=O)[nH]1)Cc1cc(F)ccc1OC. The van der Waals surface area contributed by atoms with Gasteiger partial charge in [0.15, 0.2) is 11.5 Å². The lowest BCUT2D eigenvalue weighted by Crippen LogP contribution is -2.25. The van der Waals surface area contributed by atoms with E-state index in [-0.39, 0.29) is 11.4 Å². The summed E-state index contributed by atoms with van der Waals surface area (Å²) in [6.07, 6.45) is 0. The molecule has 154 valence electrons. The van der Waals surface area contributed by atoms with E-state index in [1.807, 2.05) is 11.8 Å². The van der Waals surface area contributed by atoms with Crippen LogP contribution >= 0.6 is 0 Å². The second-order valence-corrected chi connectivity index (χ2v) is 6.50. The van der Waals surface area contributed by atoms with Crippen LogP contribution < -0.4 is 19.8 Å². The first kappa shape index (κ1) is 20.6. The number of H-pyrrole nitrogens is 1. The number of aromatic amines is 1. The van der Waals surface area contributed by atoms with Crippen LogP contribution in [0.3, 0.4) is 0 Å². The molecule has 3 aromatic rings. The van der Waals surface area contributed by atoms with Crippen LogP contribution in [0.1, 0.15) is 18.3 Å². The summed E-state index contributed by atoms with van der Waals surface area (Å²) in [5.74, 6) is 1.76. The lowest BCUT2D eigenvalue weighted by molar-refractivity contribution is 0.259. The smallest absolute Gasteiger partial charge is 0.258 e. The van der Waals surface area contributed by atoms with Gasteiger partial charge in [-0.1, -0.05) is 6.92 Å². The van der Waals surface area contributed by atoms with Crippen molar-refractivity contribution < 1.29 is 18.6 Å². The van der Waals surface area contributed by atoms with E-state index in [2.05, 4.69) is 9.97 Å². The van der Waals surface area contributed by atoms with Gasteiger partial charge in [-0.3, -0.25) is 9.69 Å². The molecule has 1 heterocycles. The van der Waals surface area contributed by atoms with Crippen LogP contribution in [-0.2, 0) is 13.1 Å². The molecule has 0 aliphatic carbocycles. The highest BCUT2D eigenvalue weighted by Crippen LogP contribution is 2.30. The van der Waals surface area contributed by atoms with Crippen molar-refractivity contribution in [1.29, 1.82) is 0 Å². The van der Waals surface area contributed by atoms with Gasteiger partial charge in [-0.25, -0.2) is 9.37 Å². The Balaban J connectivity index is 1.91. The van der Waals surface area contributed by atoms with E-state index in [0.29, 0.717) is 53.6 Å². The van der Waals surface area contributed by atoms with Crippen molar-refractivity contribution in [3.63, 3.8) is 0 Å². The lowest BCUT2D eigenvalue weighted by atomic mass is 10.1. The van der Waals surface area contributed by atoms with Crippen molar-refractivity contribution in [2.75, 3.05) is 27.9 Å². The molecular weight excluding hydrogens is 377 g/mol. The van der Waals surface area contributed by atoms with E-state index in [9.17, 15) is 9.18 Å². The maximum atomic E-state index is 13.7. The van der Waals surface area contributed by atoms with Gasteiger partial charge in [-0.2, -0.15) is 0 Å². The molecule has 2 aromatic carbocycles. The zero-order valence-corrected chi connectivity index (χ0v) is 16.9. The number of methoxy groups -OCH3 is 3. The highest BCUT2D eigenvalue weighted by molar-refractivity contribution is 5.81. The third-order valence-corrected chi connectivity index (χ3v) is 4.72. The molecule has 0 amide bonds. The summed E-state index contributed by atoms with van der Waals surface area (Å²) in [5.41, 5.74) is 0.982. The number of nitrogens with one attached hydrogen (secondary N) is 1. The van der Waals surface area contributed by atoms with Crippen LogP contribution in [-0.4, -0.2) is 42.7 Å². The maximum Gasteiger partial charge on any atom is 0.258 e. The second kappa shape index (κ2) is 8.91. The second-order valence-electron chi connectivity index (χ2n) is 6.50. The standard InChI is InChI=1S/C21H24FN3O4/c1-5-25(11-13-8-14(22)6-7-17(13)27-2)12-20-23-16-10-19(29-4)18(28-3)9-15(16)21(26)24-20/h6-10H,5,11-12H2,1-4H3,(H,23,24,26). The molecule has 0 saturated carbocycles. The summed E-state index contributed by atoms with van der Waals surface area (Å²) in [6, 6.07) is 7.71. The summed E-state index contributed by atoms with van der Waals surface area (Å²) in [7, 11) is 4.60. The molecule has 0 atom stereocenters. The largest absolute Gasteiger partial charge is 0.496 e. The Labute approximate surface area is 168 Å². The molecule has 0 fully saturated rings. The van der Waals surface area contributed by atoms with Gasteiger partial charge >= 0.3 is 0 Å². The molecule has 3 rings (SSSR count). The maximum absolute atomic E-state index is 13.7. The van der Waals surface area contributed by atoms with E-state index in [1.54, 1.807) is 25.3 Å². The van der Waals surface area contributed by atoms with Crippen molar-refractivity contribution in [1.82, 2.24) is 14.9 Å². The van der Waals surface area contributed by atoms with Gasteiger partial charge in [0.1, 0.15) is 17.4 Å². The van der Waals surface area contributed by atoms with Crippen molar-refractivity contribution >= 4 is 10.9 Å². The first-order valence-electron chi connectivity index (χ1n) is 9.18. The number of hydrogen-bond acceptors (Lipinski definition) is 6. The molecule has 0 saturated heterocycles. The summed E-state index contributed by atoms with van der Waals surface area (Å²) < 4.78 is 29.6. The predicted octanol–water partition coefficient (Wildman–Crippen LogP) is 3.11. The fraction of sp³-hybridized carbons (Fsp3) is 0.333. The monoisotopic (exact) mass is 401 g/mol. The Morgan fingerprint density at radius 2 is 1.69 bits per heavy atom. The Hall–Kier alpha value is -3.13. The average Bonchev–Trinajstić information content (AvgIpc) is 2.72. The first-order chi connectivity index (χ1) is 14.0. The summed E-state index contributed by atoms with van der Waals surface area (Å²) in [6.45, 7) is 3.49. The number of ether oxygens (including phenoxy) is 3. The van der Waals surface area contributed by atoms with Gasteiger partial charge in [0.2, 0.25) is 0 Å². The number of hydrogen-bond donors (Lipinski definition) is 1. The average molecular weight is 401 g/mol. The van der Waals surface area contributed by atoms with Crippen molar-refractivity contribution in [2.24, 2.45) is 0 Å². The summed E-state index contributed by atoms with van der Waals surface area (Å²) in [5, 5.41) is 0.418. The van der Waals surface area contributed by atoms with E-state index < -0.39 is 0 Å². The van der Waals surface area contributed by atoms with Crippen LogP contribution in [0, 0.1) is 5.82 Å². The number of nitrogens with zero attached hydrogens (tertiary/aromatic N) is 2. The van der Waals surface area contributed by atoms with Crippen molar-refractivity contribution in [3.8, 4) is 17.2 Å². The molecule has 0 spiro atoms.